The molecule has 2 aromatic rings. The largest absolute Gasteiger partial charge is 0.496 e. The SMILES string of the molecule is COc1ccccc1/C=C/CN1CCC(n2cc(CCCO)nn2)CC1. The summed E-state index contributed by atoms with van der Waals surface area (Å²) in [7, 11) is 1.71. The molecule has 1 aromatic heterocycles. The van der Waals surface area contributed by atoms with Crippen LogP contribution in [-0.2, 0) is 6.42 Å². The fourth-order valence-corrected chi connectivity index (χ4v) is 3.37. The number of benzene rings is 1. The smallest absolute Gasteiger partial charge is 0.126 e. The van der Waals surface area contributed by atoms with Crippen molar-refractivity contribution in [3.8, 4) is 5.75 Å². The minimum atomic E-state index is 0.202. The van der Waals surface area contributed by atoms with Gasteiger partial charge in [0.05, 0.1) is 18.8 Å². The summed E-state index contributed by atoms with van der Waals surface area (Å²) in [5.41, 5.74) is 2.09. The first-order chi connectivity index (χ1) is 12.8. The first-order valence-electron chi connectivity index (χ1n) is 9.33. The third kappa shape index (κ3) is 4.93. The summed E-state index contributed by atoms with van der Waals surface area (Å²) in [5.74, 6) is 0.908. The minimum Gasteiger partial charge on any atom is -0.496 e. The van der Waals surface area contributed by atoms with Crippen molar-refractivity contribution >= 4 is 6.08 Å². The maximum atomic E-state index is 8.91. The zero-order valence-corrected chi connectivity index (χ0v) is 15.4. The highest BCUT2D eigenvalue weighted by Gasteiger charge is 2.20. The van der Waals surface area contributed by atoms with Crippen LogP contribution in [0.25, 0.3) is 6.08 Å². The van der Waals surface area contributed by atoms with E-state index in [1.165, 1.54) is 0 Å². The third-order valence-corrected chi connectivity index (χ3v) is 4.88. The van der Waals surface area contributed by atoms with Crippen LogP contribution < -0.4 is 4.74 Å². The highest BCUT2D eigenvalue weighted by Crippen LogP contribution is 2.22. The monoisotopic (exact) mass is 356 g/mol. The molecule has 1 aliphatic rings. The van der Waals surface area contributed by atoms with Crippen LogP contribution in [0.15, 0.2) is 36.5 Å². The Bertz CT molecular complexity index is 705. The number of nitrogens with zero attached hydrogens (tertiary/aromatic N) is 4. The predicted molar refractivity (Wildman–Crippen MR) is 102 cm³/mol. The number of methoxy groups -OCH3 is 1. The van der Waals surface area contributed by atoms with Crippen LogP contribution in [0.4, 0.5) is 0 Å². The van der Waals surface area contributed by atoms with Gasteiger partial charge >= 0.3 is 0 Å². The molecular formula is C20H28N4O2. The number of hydrogen-bond donors (Lipinski definition) is 1. The number of aliphatic hydroxyl groups excluding tert-OH is 1. The number of aryl methyl sites for hydroxylation is 1. The van der Waals surface area contributed by atoms with Crippen LogP contribution >= 0.6 is 0 Å². The summed E-state index contributed by atoms with van der Waals surface area (Å²) in [5, 5.41) is 17.4. The molecule has 140 valence electrons. The first kappa shape index (κ1) is 18.6. The molecule has 1 N–H and O–H groups in total. The zero-order valence-electron chi connectivity index (χ0n) is 15.4. The van der Waals surface area contributed by atoms with E-state index in [0.717, 1.165) is 62.3 Å². The van der Waals surface area contributed by atoms with Gasteiger partial charge in [-0.3, -0.25) is 4.90 Å². The second kappa shape index (κ2) is 9.50. The van der Waals surface area contributed by atoms with Crippen LogP contribution in [0.5, 0.6) is 5.75 Å². The standard InChI is InChI=1S/C20H28N4O2/c1-26-20-9-3-2-6-17(20)7-4-12-23-13-10-19(11-14-23)24-16-18(21-22-24)8-5-15-25/h2-4,6-7,9,16,19,25H,5,8,10-15H2,1H3/b7-4+. The number of piperidine rings is 1. The first-order valence-corrected chi connectivity index (χ1v) is 9.33. The molecule has 0 saturated carbocycles. The van der Waals surface area contributed by atoms with Crippen LogP contribution in [0, 0.1) is 0 Å². The molecule has 0 spiro atoms. The zero-order chi connectivity index (χ0) is 18.2. The summed E-state index contributed by atoms with van der Waals surface area (Å²) in [6.07, 6.45) is 10.1. The Hall–Kier alpha value is -2.18. The number of rotatable bonds is 8. The van der Waals surface area contributed by atoms with E-state index in [2.05, 4.69) is 33.4 Å². The highest BCUT2D eigenvalue weighted by atomic mass is 16.5. The van der Waals surface area contributed by atoms with Crippen molar-refractivity contribution in [2.45, 2.75) is 31.7 Å². The molecule has 1 aliphatic heterocycles. The Morgan fingerprint density at radius 3 is 2.85 bits per heavy atom. The lowest BCUT2D eigenvalue weighted by Crippen LogP contribution is -2.34. The van der Waals surface area contributed by atoms with Crippen molar-refractivity contribution < 1.29 is 9.84 Å². The molecule has 0 atom stereocenters. The number of para-hydroxylation sites is 1. The molecule has 1 aromatic carbocycles. The van der Waals surface area contributed by atoms with Crippen LogP contribution in [-0.4, -0.2) is 58.4 Å². The van der Waals surface area contributed by atoms with Crippen molar-refractivity contribution in [2.24, 2.45) is 0 Å². The van der Waals surface area contributed by atoms with E-state index in [1.807, 2.05) is 29.1 Å². The van der Waals surface area contributed by atoms with Crippen LogP contribution in [0.3, 0.4) is 0 Å². The minimum absolute atomic E-state index is 0.202. The predicted octanol–water partition coefficient (Wildman–Crippen LogP) is 2.56. The molecule has 0 aliphatic carbocycles. The van der Waals surface area contributed by atoms with Gasteiger partial charge in [0.1, 0.15) is 5.75 Å². The lowest BCUT2D eigenvalue weighted by molar-refractivity contribution is 0.194. The molecule has 6 heteroatoms. The van der Waals surface area contributed by atoms with Gasteiger partial charge in [-0.05, 0) is 31.7 Å². The maximum Gasteiger partial charge on any atom is 0.126 e. The number of hydrogen-bond acceptors (Lipinski definition) is 5. The van der Waals surface area contributed by atoms with Gasteiger partial charge in [0, 0.05) is 38.0 Å². The van der Waals surface area contributed by atoms with Crippen molar-refractivity contribution in [1.82, 2.24) is 19.9 Å². The van der Waals surface area contributed by atoms with Crippen molar-refractivity contribution in [3.05, 3.63) is 47.8 Å². The van der Waals surface area contributed by atoms with E-state index >= 15 is 0 Å². The molecule has 2 heterocycles. The average Bonchev–Trinajstić information content (AvgIpc) is 3.16. The van der Waals surface area contributed by atoms with E-state index in [9.17, 15) is 0 Å². The molecule has 0 unspecified atom stereocenters. The van der Waals surface area contributed by atoms with Gasteiger partial charge in [0.25, 0.3) is 0 Å². The Kier molecular flexibility index (Phi) is 6.80. The molecule has 3 rings (SSSR count). The van der Waals surface area contributed by atoms with Gasteiger partial charge in [0.2, 0.25) is 0 Å². The fourth-order valence-electron chi connectivity index (χ4n) is 3.37. The Morgan fingerprint density at radius 2 is 2.08 bits per heavy atom. The number of aliphatic hydroxyl groups is 1. The maximum absolute atomic E-state index is 8.91. The normalized spacial score (nSPS) is 16.4. The van der Waals surface area contributed by atoms with E-state index < -0.39 is 0 Å². The van der Waals surface area contributed by atoms with Gasteiger partial charge in [0.15, 0.2) is 0 Å². The van der Waals surface area contributed by atoms with Crippen molar-refractivity contribution in [1.29, 1.82) is 0 Å². The molecule has 1 saturated heterocycles. The van der Waals surface area contributed by atoms with Crippen LogP contribution in [0.1, 0.15) is 36.6 Å². The second-order valence-electron chi connectivity index (χ2n) is 6.69. The van der Waals surface area contributed by atoms with E-state index in [-0.39, 0.29) is 6.61 Å². The summed E-state index contributed by atoms with van der Waals surface area (Å²) < 4.78 is 7.39. The van der Waals surface area contributed by atoms with E-state index in [1.54, 1.807) is 7.11 Å². The quantitative estimate of drug-likeness (QED) is 0.788. The third-order valence-electron chi connectivity index (χ3n) is 4.88. The summed E-state index contributed by atoms with van der Waals surface area (Å²) >= 11 is 0. The number of likely N-dealkylation sites (tertiary alicyclic amines) is 1. The Balaban J connectivity index is 1.46. The van der Waals surface area contributed by atoms with Crippen molar-refractivity contribution in [3.63, 3.8) is 0 Å². The van der Waals surface area contributed by atoms with E-state index in [0.29, 0.717) is 6.04 Å². The molecule has 0 amide bonds. The van der Waals surface area contributed by atoms with Gasteiger partial charge in [-0.25, -0.2) is 4.68 Å². The number of ether oxygens (including phenoxy) is 1. The molecule has 6 nitrogen and oxygen atoms in total. The summed E-state index contributed by atoms with van der Waals surface area (Å²) in [4.78, 5) is 2.46. The molecule has 1 fully saturated rings. The topological polar surface area (TPSA) is 63.4 Å². The molecule has 0 bridgehead atoms. The van der Waals surface area contributed by atoms with Crippen molar-refractivity contribution in [2.75, 3.05) is 33.4 Å². The Morgan fingerprint density at radius 1 is 1.27 bits per heavy atom. The summed E-state index contributed by atoms with van der Waals surface area (Å²) in [6, 6.07) is 8.50. The molecule has 0 radical (unpaired) electrons. The Labute approximate surface area is 155 Å². The lowest BCUT2D eigenvalue weighted by atomic mass is 10.1. The second-order valence-corrected chi connectivity index (χ2v) is 6.69. The van der Waals surface area contributed by atoms with Gasteiger partial charge < -0.3 is 9.84 Å². The van der Waals surface area contributed by atoms with Gasteiger partial charge in [-0.2, -0.15) is 0 Å². The number of aromatic nitrogens is 3. The average molecular weight is 356 g/mol. The van der Waals surface area contributed by atoms with E-state index in [4.69, 9.17) is 9.84 Å². The fraction of sp³-hybridized carbons (Fsp3) is 0.500. The van der Waals surface area contributed by atoms with Gasteiger partial charge in [-0.1, -0.05) is 35.6 Å². The highest BCUT2D eigenvalue weighted by molar-refractivity contribution is 5.57. The molecule has 26 heavy (non-hydrogen) atoms. The molecular weight excluding hydrogens is 328 g/mol. The summed E-state index contributed by atoms with van der Waals surface area (Å²) in [6.45, 7) is 3.27. The lowest BCUT2D eigenvalue weighted by Gasteiger charge is -2.30. The van der Waals surface area contributed by atoms with Gasteiger partial charge in [-0.15, -0.1) is 5.10 Å². The van der Waals surface area contributed by atoms with Crippen LogP contribution in [0.2, 0.25) is 0 Å².